The van der Waals surface area contributed by atoms with Crippen molar-refractivity contribution in [3.8, 4) is 5.82 Å². The van der Waals surface area contributed by atoms with Gasteiger partial charge in [-0.15, -0.1) is 0 Å². The number of Topliss-reactive ketones (excluding diaryl/α,β-unsaturated/α-hetero) is 1. The molecule has 2 N–H and O–H groups in total. The summed E-state index contributed by atoms with van der Waals surface area (Å²) < 4.78 is 43.5. The molecule has 2 aromatic heterocycles. The van der Waals surface area contributed by atoms with Crippen molar-refractivity contribution in [2.45, 2.75) is 52.8 Å². The molecule has 0 unspecified atom stereocenters. The number of anilines is 3. The summed E-state index contributed by atoms with van der Waals surface area (Å²) in [7, 11) is 0. The number of nitrogens with zero attached hydrogens (tertiary/aromatic N) is 6. The predicted octanol–water partition coefficient (Wildman–Crippen LogP) is 5.53. The second kappa shape index (κ2) is 13.4. The predicted molar refractivity (Wildman–Crippen MR) is 168 cm³/mol. The van der Waals surface area contributed by atoms with Crippen molar-refractivity contribution in [2.75, 3.05) is 42.9 Å². The maximum absolute atomic E-state index is 13.9. The Kier molecular flexibility index (Phi) is 9.54. The molecule has 5 rings (SSSR count). The average molecular weight is 622 g/mol. The van der Waals surface area contributed by atoms with Gasteiger partial charge in [0, 0.05) is 73.9 Å². The van der Waals surface area contributed by atoms with Gasteiger partial charge >= 0.3 is 6.18 Å². The molecule has 0 spiro atoms. The van der Waals surface area contributed by atoms with E-state index in [4.69, 9.17) is 0 Å². The molecular weight excluding hydrogens is 583 g/mol. The number of carbonyl (C=O) groups is 1. The molecule has 4 aromatic rings. The summed E-state index contributed by atoms with van der Waals surface area (Å²) in [6.45, 7) is 10.3. The van der Waals surface area contributed by atoms with Gasteiger partial charge in [-0.05, 0) is 62.6 Å². The van der Waals surface area contributed by atoms with Crippen molar-refractivity contribution in [1.82, 2.24) is 24.6 Å². The van der Waals surface area contributed by atoms with E-state index in [9.17, 15) is 23.1 Å². The summed E-state index contributed by atoms with van der Waals surface area (Å²) in [6, 6.07) is 12.9. The summed E-state index contributed by atoms with van der Waals surface area (Å²) >= 11 is 0. The number of aromatic nitrogens is 4. The van der Waals surface area contributed by atoms with Gasteiger partial charge in [0.2, 0.25) is 0 Å². The highest BCUT2D eigenvalue weighted by molar-refractivity contribution is 5.98. The van der Waals surface area contributed by atoms with Crippen molar-refractivity contribution < 1.29 is 23.1 Å². The van der Waals surface area contributed by atoms with E-state index in [-0.39, 0.29) is 12.0 Å². The van der Waals surface area contributed by atoms with E-state index in [1.165, 1.54) is 6.33 Å². The number of benzene rings is 2. The molecule has 0 saturated carbocycles. The van der Waals surface area contributed by atoms with Gasteiger partial charge in [0.15, 0.2) is 11.6 Å². The van der Waals surface area contributed by atoms with Crippen LogP contribution in [0.5, 0.6) is 0 Å². The van der Waals surface area contributed by atoms with E-state index < -0.39 is 23.6 Å². The lowest BCUT2D eigenvalue weighted by atomic mass is 9.98. The van der Waals surface area contributed by atoms with Gasteiger partial charge in [-0.2, -0.15) is 23.0 Å². The van der Waals surface area contributed by atoms with Crippen molar-refractivity contribution in [3.05, 3.63) is 88.5 Å². The molecule has 1 aliphatic heterocycles. The molecular formula is C33H38F3N7O2. The number of ketones is 1. The third kappa shape index (κ3) is 7.87. The Morgan fingerprint density at radius 1 is 1.02 bits per heavy atom. The Balaban J connectivity index is 1.37. The summed E-state index contributed by atoms with van der Waals surface area (Å²) in [5.74, 6) is 0.890. The fraction of sp³-hybridized carbons (Fsp3) is 0.394. The lowest BCUT2D eigenvalue weighted by Gasteiger charge is -2.37. The van der Waals surface area contributed by atoms with Crippen molar-refractivity contribution in [3.63, 3.8) is 0 Å². The van der Waals surface area contributed by atoms with Crippen LogP contribution in [0.15, 0.2) is 54.9 Å². The lowest BCUT2D eigenvalue weighted by molar-refractivity contribution is -0.137. The van der Waals surface area contributed by atoms with Crippen LogP contribution < -0.4 is 10.2 Å². The largest absolute Gasteiger partial charge is 0.416 e. The summed E-state index contributed by atoms with van der Waals surface area (Å²) in [5.41, 5.74) is 3.53. The molecule has 2 aromatic carbocycles. The first kappa shape index (κ1) is 32.1. The molecule has 1 fully saturated rings. The van der Waals surface area contributed by atoms with E-state index in [1.807, 2.05) is 56.0 Å². The number of hydrogen-bond acceptors (Lipinski definition) is 8. The summed E-state index contributed by atoms with van der Waals surface area (Å²) in [6.07, 6.45) is -2.89. The Bertz CT molecular complexity index is 1660. The zero-order valence-corrected chi connectivity index (χ0v) is 25.9. The van der Waals surface area contributed by atoms with Crippen LogP contribution in [0.25, 0.3) is 5.82 Å². The Morgan fingerprint density at radius 3 is 2.47 bits per heavy atom. The van der Waals surface area contributed by atoms with Gasteiger partial charge < -0.3 is 15.3 Å². The van der Waals surface area contributed by atoms with Gasteiger partial charge in [0.1, 0.15) is 12.1 Å². The number of rotatable bonds is 10. The van der Waals surface area contributed by atoms with Crippen molar-refractivity contribution in [1.29, 1.82) is 0 Å². The Morgan fingerprint density at radius 2 is 1.78 bits per heavy atom. The molecule has 0 bridgehead atoms. The molecule has 12 heteroatoms. The zero-order chi connectivity index (χ0) is 32.3. The van der Waals surface area contributed by atoms with Crippen molar-refractivity contribution >= 4 is 23.0 Å². The number of alkyl halides is 3. The topological polar surface area (TPSA) is 99.4 Å². The number of halogens is 3. The average Bonchev–Trinajstić information content (AvgIpc) is 3.38. The number of hydrogen-bond donors (Lipinski definition) is 2. The minimum atomic E-state index is -4.59. The number of aryl methyl sites for hydroxylation is 3. The maximum atomic E-state index is 13.9. The van der Waals surface area contributed by atoms with Crippen LogP contribution in [-0.2, 0) is 19.0 Å². The normalized spacial score (nSPS) is 14.9. The highest BCUT2D eigenvalue weighted by Gasteiger charge is 2.33. The third-order valence-corrected chi connectivity index (χ3v) is 7.88. The van der Waals surface area contributed by atoms with Gasteiger partial charge in [-0.3, -0.25) is 9.69 Å². The molecule has 9 nitrogen and oxygen atoms in total. The summed E-state index contributed by atoms with van der Waals surface area (Å²) in [4.78, 5) is 26.1. The van der Waals surface area contributed by atoms with E-state index in [2.05, 4.69) is 25.3 Å². The van der Waals surface area contributed by atoms with Crippen LogP contribution in [0.2, 0.25) is 0 Å². The second-order valence-electron chi connectivity index (χ2n) is 11.6. The van der Waals surface area contributed by atoms with E-state index >= 15 is 0 Å². The van der Waals surface area contributed by atoms with Crippen molar-refractivity contribution in [2.24, 2.45) is 0 Å². The maximum Gasteiger partial charge on any atom is 0.416 e. The van der Waals surface area contributed by atoms with Crippen LogP contribution in [0.3, 0.4) is 0 Å². The van der Waals surface area contributed by atoms with Crippen LogP contribution >= 0.6 is 0 Å². The van der Waals surface area contributed by atoms with Crippen LogP contribution in [0.1, 0.15) is 52.3 Å². The Labute approximate surface area is 260 Å². The monoisotopic (exact) mass is 621 g/mol. The highest BCUT2D eigenvalue weighted by atomic mass is 19.4. The van der Waals surface area contributed by atoms with Crippen LogP contribution in [0, 0.1) is 13.8 Å². The van der Waals surface area contributed by atoms with E-state index in [0.29, 0.717) is 55.6 Å². The van der Waals surface area contributed by atoms with Crippen LogP contribution in [-0.4, -0.2) is 74.4 Å². The number of nitrogens with one attached hydrogen (secondary N) is 1. The lowest BCUT2D eigenvalue weighted by Crippen LogP contribution is -2.48. The number of aliphatic hydroxyl groups is 1. The first-order valence-electron chi connectivity index (χ1n) is 15.0. The number of aliphatic hydroxyl groups excluding tert-OH is 1. The van der Waals surface area contributed by atoms with Gasteiger partial charge in [0.25, 0.3) is 0 Å². The van der Waals surface area contributed by atoms with Crippen LogP contribution in [0.4, 0.5) is 30.4 Å². The molecule has 1 aliphatic rings. The van der Waals surface area contributed by atoms with Gasteiger partial charge in [-0.1, -0.05) is 19.1 Å². The van der Waals surface area contributed by atoms with E-state index in [1.54, 1.807) is 17.7 Å². The van der Waals surface area contributed by atoms with Gasteiger partial charge in [-0.25, -0.2) is 9.97 Å². The molecule has 0 aliphatic carbocycles. The van der Waals surface area contributed by atoms with Gasteiger partial charge in [0.05, 0.1) is 17.4 Å². The zero-order valence-electron chi connectivity index (χ0n) is 25.9. The highest BCUT2D eigenvalue weighted by Crippen LogP contribution is 2.34. The minimum absolute atomic E-state index is 0.0190. The molecule has 238 valence electrons. The molecule has 0 amide bonds. The first-order chi connectivity index (χ1) is 21.4. The molecule has 1 atom stereocenters. The second-order valence-corrected chi connectivity index (χ2v) is 11.6. The smallest absolute Gasteiger partial charge is 0.392 e. The summed E-state index contributed by atoms with van der Waals surface area (Å²) in [5, 5.41) is 17.7. The fourth-order valence-electron chi connectivity index (χ4n) is 5.48. The molecule has 45 heavy (non-hydrogen) atoms. The van der Waals surface area contributed by atoms with E-state index in [0.717, 1.165) is 41.2 Å². The number of piperazine rings is 1. The minimum Gasteiger partial charge on any atom is -0.392 e. The fourth-order valence-corrected chi connectivity index (χ4v) is 5.48. The number of β-amino-alcohol motifs (C(OH)–C–C–N with tert-alkyl or cyclic N) is 1. The molecule has 1 saturated heterocycles. The molecule has 3 heterocycles. The quantitative estimate of drug-likeness (QED) is 0.223. The number of carbonyl (C=O) groups excluding carboxylic acids is 1. The molecule has 0 radical (unpaired) electrons. The third-order valence-electron chi connectivity index (χ3n) is 7.88. The standard InChI is InChI=1S/C33H38F3N7O2/c1-5-27-18-31(38-20-37-27)43-32(12-22(3)40-43)39-29-13-24(7-6-21(29)2)14-30(45)25-15-26(33(34,35)36)17-28(16-25)42-10-8-41(9-11-42)19-23(4)44/h6-7,12-13,15-18,20,23,39,44H,5,8-11,14,19H2,1-4H3/t23-/m1/s1. The SMILES string of the molecule is CCc1cc(-n2nc(C)cc2Nc2cc(CC(=O)c3cc(N4CCN(C[C@@H](C)O)CC4)cc(C(F)(F)F)c3)ccc2C)ncn1. The Hall–Kier alpha value is -4.29. The first-order valence-corrected chi connectivity index (χ1v) is 15.0.